The number of hydrogen-bond acceptors (Lipinski definition) is 6. The lowest BCUT2D eigenvalue weighted by Crippen LogP contribution is -2.35. The van der Waals surface area contributed by atoms with E-state index in [2.05, 4.69) is 20.7 Å². The van der Waals surface area contributed by atoms with Crippen LogP contribution in [-0.4, -0.2) is 47.6 Å². The summed E-state index contributed by atoms with van der Waals surface area (Å²) in [6, 6.07) is 8.15. The number of halogens is 1. The van der Waals surface area contributed by atoms with Crippen molar-refractivity contribution in [3.05, 3.63) is 53.0 Å². The van der Waals surface area contributed by atoms with Crippen LogP contribution in [-0.2, 0) is 11.3 Å². The number of nitrogens with zero attached hydrogens (tertiary/aromatic N) is 6. The Balaban J connectivity index is 1.38. The van der Waals surface area contributed by atoms with E-state index in [1.807, 2.05) is 28.9 Å². The second-order valence-electron chi connectivity index (χ2n) is 9.94. The molecule has 35 heavy (non-hydrogen) atoms. The molecule has 1 amide bonds. The number of rotatable bonds is 6. The van der Waals surface area contributed by atoms with Crippen LogP contribution in [0.4, 0.5) is 9.18 Å². The summed E-state index contributed by atoms with van der Waals surface area (Å²) in [7, 11) is 0. The number of nitrogens with one attached hydrogen (secondary N) is 1. The lowest BCUT2D eigenvalue weighted by molar-refractivity contribution is 0.0532. The van der Waals surface area contributed by atoms with Crippen molar-refractivity contribution >= 4 is 17.1 Å². The highest BCUT2D eigenvalue weighted by atomic mass is 19.1. The van der Waals surface area contributed by atoms with Crippen molar-refractivity contribution in [3.8, 4) is 0 Å². The van der Waals surface area contributed by atoms with Gasteiger partial charge >= 0.3 is 11.8 Å². The molecule has 1 aliphatic rings. The third kappa shape index (κ3) is 5.95. The number of fused-ring (bicyclic) bond motifs is 1. The van der Waals surface area contributed by atoms with Crippen LogP contribution in [0.2, 0.25) is 0 Å². The molecule has 188 valence electrons. The predicted octanol–water partition coefficient (Wildman–Crippen LogP) is 3.91. The van der Waals surface area contributed by atoms with Gasteiger partial charge in [0.15, 0.2) is 0 Å². The van der Waals surface area contributed by atoms with E-state index in [4.69, 9.17) is 4.74 Å². The molecule has 1 N–H and O–H groups in total. The van der Waals surface area contributed by atoms with E-state index in [0.29, 0.717) is 6.33 Å². The molecular weight excluding hydrogens is 453 g/mol. The molecule has 1 fully saturated rings. The molecule has 0 bridgehead atoms. The lowest BCUT2D eigenvalue weighted by atomic mass is 10.1. The van der Waals surface area contributed by atoms with Crippen molar-refractivity contribution in [2.75, 3.05) is 6.54 Å². The SMILES string of the molecule is CC(C)(C)OC(=O)NC/C(=C\F)Cn1ncn(C2CCCC(n3nnc4ccccc43)CC2)c1=O. The van der Waals surface area contributed by atoms with E-state index in [9.17, 15) is 14.0 Å². The highest BCUT2D eigenvalue weighted by Crippen LogP contribution is 2.33. The molecule has 0 saturated heterocycles. The molecule has 3 aromatic rings. The van der Waals surface area contributed by atoms with E-state index in [0.717, 1.165) is 43.1 Å². The molecule has 0 radical (unpaired) electrons. The molecule has 0 aliphatic heterocycles. The maximum absolute atomic E-state index is 13.4. The van der Waals surface area contributed by atoms with Crippen LogP contribution in [0.3, 0.4) is 0 Å². The number of amides is 1. The van der Waals surface area contributed by atoms with E-state index < -0.39 is 11.7 Å². The summed E-state index contributed by atoms with van der Waals surface area (Å²) >= 11 is 0. The lowest BCUT2D eigenvalue weighted by Gasteiger charge is -2.19. The average molecular weight is 486 g/mol. The summed E-state index contributed by atoms with van der Waals surface area (Å²) < 4.78 is 23.5. The molecule has 1 aromatic carbocycles. The van der Waals surface area contributed by atoms with Crippen molar-refractivity contribution in [1.82, 2.24) is 34.7 Å². The summed E-state index contributed by atoms with van der Waals surface area (Å²) in [6.07, 6.45) is 5.68. The molecule has 2 atom stereocenters. The monoisotopic (exact) mass is 485 g/mol. The minimum Gasteiger partial charge on any atom is -0.444 e. The van der Waals surface area contributed by atoms with E-state index in [1.165, 1.54) is 11.0 Å². The van der Waals surface area contributed by atoms with Crippen LogP contribution < -0.4 is 11.0 Å². The van der Waals surface area contributed by atoms with Gasteiger partial charge in [0.1, 0.15) is 17.4 Å². The third-order valence-electron chi connectivity index (χ3n) is 6.15. The summed E-state index contributed by atoms with van der Waals surface area (Å²) in [5, 5.41) is 15.3. The Morgan fingerprint density at radius 1 is 1.20 bits per heavy atom. The second kappa shape index (κ2) is 10.4. The minimum atomic E-state index is -0.655. The second-order valence-corrected chi connectivity index (χ2v) is 9.94. The number of alkyl carbamates (subject to hydrolysis) is 1. The molecular formula is C24H32FN7O3. The molecule has 1 saturated carbocycles. The molecule has 0 spiro atoms. The van der Waals surface area contributed by atoms with Gasteiger partial charge in [-0.3, -0.25) is 4.57 Å². The zero-order valence-corrected chi connectivity index (χ0v) is 20.4. The Bertz CT molecular complexity index is 1250. The standard InChI is InChI=1S/C24H32FN7O3/c1-24(2,3)35-22(33)26-14-17(13-25)15-31-23(34)30(16-27-31)18-7-6-8-19(12-11-18)32-21-10-5-4-9-20(21)28-29-32/h4-5,9-10,13,16,18-19H,6-8,11-12,14-15H2,1-3H3,(H,26,33)/b17-13+. The Hall–Kier alpha value is -3.50. The Morgan fingerprint density at radius 3 is 2.71 bits per heavy atom. The highest BCUT2D eigenvalue weighted by molar-refractivity contribution is 5.74. The Morgan fingerprint density at radius 2 is 1.94 bits per heavy atom. The smallest absolute Gasteiger partial charge is 0.407 e. The van der Waals surface area contributed by atoms with Crippen molar-refractivity contribution < 1.29 is 13.9 Å². The van der Waals surface area contributed by atoms with E-state index >= 15 is 0 Å². The fourth-order valence-electron chi connectivity index (χ4n) is 4.47. The maximum atomic E-state index is 13.4. The molecule has 2 unspecified atom stereocenters. The first-order valence-corrected chi connectivity index (χ1v) is 11.9. The van der Waals surface area contributed by atoms with Gasteiger partial charge in [-0.1, -0.05) is 17.3 Å². The van der Waals surface area contributed by atoms with Crippen molar-refractivity contribution in [3.63, 3.8) is 0 Å². The van der Waals surface area contributed by atoms with E-state index in [-0.39, 0.29) is 36.4 Å². The van der Waals surface area contributed by atoms with Gasteiger partial charge in [-0.05, 0) is 70.6 Å². The van der Waals surface area contributed by atoms with Crippen molar-refractivity contribution in [2.24, 2.45) is 0 Å². The molecule has 11 heteroatoms. The van der Waals surface area contributed by atoms with Crippen molar-refractivity contribution in [1.29, 1.82) is 0 Å². The van der Waals surface area contributed by atoms with Gasteiger partial charge in [-0.15, -0.1) is 5.10 Å². The molecule has 10 nitrogen and oxygen atoms in total. The van der Waals surface area contributed by atoms with Gasteiger partial charge in [0.25, 0.3) is 0 Å². The van der Waals surface area contributed by atoms with Crippen LogP contribution >= 0.6 is 0 Å². The number of hydrogen-bond donors (Lipinski definition) is 1. The number of para-hydroxylation sites is 1. The molecule has 2 heterocycles. The quantitative estimate of drug-likeness (QED) is 0.530. The zero-order valence-electron chi connectivity index (χ0n) is 20.4. The van der Waals surface area contributed by atoms with Crippen LogP contribution in [0.5, 0.6) is 0 Å². The van der Waals surface area contributed by atoms with Crippen LogP contribution in [0.15, 0.2) is 47.3 Å². The van der Waals surface area contributed by atoms with Crippen LogP contribution in [0.1, 0.15) is 65.0 Å². The number of benzene rings is 1. The number of aromatic nitrogens is 6. The molecule has 4 rings (SSSR count). The van der Waals surface area contributed by atoms with Crippen molar-refractivity contribution in [2.45, 2.75) is 77.1 Å². The fourth-order valence-corrected chi connectivity index (χ4v) is 4.47. The zero-order chi connectivity index (χ0) is 25.0. The molecule has 2 aromatic heterocycles. The van der Waals surface area contributed by atoms with Gasteiger partial charge in [0, 0.05) is 12.6 Å². The van der Waals surface area contributed by atoms with Gasteiger partial charge < -0.3 is 10.1 Å². The summed E-state index contributed by atoms with van der Waals surface area (Å²) in [5.41, 5.74) is 1.16. The summed E-state index contributed by atoms with van der Waals surface area (Å²) in [6.45, 7) is 5.09. The van der Waals surface area contributed by atoms with Gasteiger partial charge in [-0.25, -0.2) is 23.3 Å². The topological polar surface area (TPSA) is 109 Å². The Kier molecular flexibility index (Phi) is 7.32. The van der Waals surface area contributed by atoms with Gasteiger partial charge in [0.2, 0.25) is 0 Å². The third-order valence-corrected chi connectivity index (χ3v) is 6.15. The first-order chi connectivity index (χ1) is 16.7. The Labute approximate surface area is 202 Å². The summed E-state index contributed by atoms with van der Waals surface area (Å²) in [5.74, 6) is 0. The number of ether oxygens (including phenoxy) is 1. The average Bonchev–Trinajstić information content (AvgIpc) is 3.31. The van der Waals surface area contributed by atoms with E-state index in [1.54, 1.807) is 25.3 Å². The largest absolute Gasteiger partial charge is 0.444 e. The van der Waals surface area contributed by atoms with Crippen LogP contribution in [0.25, 0.3) is 11.0 Å². The predicted molar refractivity (Wildman–Crippen MR) is 129 cm³/mol. The van der Waals surface area contributed by atoms with Gasteiger partial charge in [-0.2, -0.15) is 5.10 Å². The first-order valence-electron chi connectivity index (χ1n) is 11.9. The fraction of sp³-hybridized carbons (Fsp3) is 0.542. The molecule has 1 aliphatic carbocycles. The highest BCUT2D eigenvalue weighted by Gasteiger charge is 2.25. The number of carbonyl (C=O) groups is 1. The minimum absolute atomic E-state index is 0.00808. The maximum Gasteiger partial charge on any atom is 0.407 e. The number of carbonyl (C=O) groups excluding carboxylic acids is 1. The normalized spacial score (nSPS) is 19.5. The van der Waals surface area contributed by atoms with Crippen LogP contribution in [0, 0.1) is 0 Å². The summed E-state index contributed by atoms with van der Waals surface area (Å²) in [4.78, 5) is 24.9. The first kappa shape index (κ1) is 24.6. The van der Waals surface area contributed by atoms with Gasteiger partial charge in [0.05, 0.1) is 24.4 Å².